The number of nitrogens with zero attached hydrogens (tertiary/aromatic N) is 4. The molecule has 2 aliphatic heterocycles. The van der Waals surface area contributed by atoms with Crippen LogP contribution in [0.15, 0.2) is 60.7 Å². The Morgan fingerprint density at radius 3 is 2.54 bits per heavy atom. The van der Waals surface area contributed by atoms with E-state index in [4.69, 9.17) is 4.74 Å². The van der Waals surface area contributed by atoms with E-state index in [2.05, 4.69) is 9.97 Å². The Labute approximate surface area is 205 Å². The molecule has 0 bridgehead atoms. The number of para-hydroxylation sites is 1. The maximum absolute atomic E-state index is 13.2. The standard InChI is InChI=1S/C28H30N4O3/c1-20-17-25(35-24-9-3-2-4-10-24)30-27(29-20)22-12-15-31(16-13-22)28(34)23-8-5-7-21(18-23)19-32-14-6-11-26(32)33/h2-5,7-10,17-18,22H,6,11-16,19H2,1H3. The molecule has 0 radical (unpaired) electrons. The zero-order chi connectivity index (χ0) is 24.2. The highest BCUT2D eigenvalue weighted by molar-refractivity contribution is 5.94. The number of carbonyl (C=O) groups excluding carboxylic acids is 2. The average Bonchev–Trinajstić information content (AvgIpc) is 3.28. The SMILES string of the molecule is Cc1cc(Oc2ccccc2)nc(C2CCN(C(=O)c3cccc(CN4CCCC4=O)c3)CC2)n1. The molecule has 1 aromatic heterocycles. The van der Waals surface area contributed by atoms with Crippen LogP contribution in [0.2, 0.25) is 0 Å². The number of hydrogen-bond donors (Lipinski definition) is 0. The number of piperidine rings is 1. The first-order valence-corrected chi connectivity index (χ1v) is 12.3. The second-order valence-corrected chi connectivity index (χ2v) is 9.31. The van der Waals surface area contributed by atoms with E-state index >= 15 is 0 Å². The van der Waals surface area contributed by atoms with Gasteiger partial charge in [0.1, 0.15) is 11.6 Å². The normalized spacial score (nSPS) is 16.5. The molecule has 2 aliphatic rings. The highest BCUT2D eigenvalue weighted by Crippen LogP contribution is 2.29. The average molecular weight is 471 g/mol. The Hall–Kier alpha value is -3.74. The van der Waals surface area contributed by atoms with E-state index in [-0.39, 0.29) is 17.7 Å². The van der Waals surface area contributed by atoms with Crippen molar-refractivity contribution in [1.29, 1.82) is 0 Å². The van der Waals surface area contributed by atoms with Crippen LogP contribution in [-0.4, -0.2) is 51.2 Å². The molecule has 7 nitrogen and oxygen atoms in total. The molecule has 0 atom stereocenters. The van der Waals surface area contributed by atoms with Crippen molar-refractivity contribution in [1.82, 2.24) is 19.8 Å². The highest BCUT2D eigenvalue weighted by Gasteiger charge is 2.27. The van der Waals surface area contributed by atoms with Crippen molar-refractivity contribution in [3.8, 4) is 11.6 Å². The molecule has 0 saturated carbocycles. The van der Waals surface area contributed by atoms with Crippen molar-refractivity contribution in [2.75, 3.05) is 19.6 Å². The van der Waals surface area contributed by atoms with E-state index in [0.29, 0.717) is 37.5 Å². The number of ether oxygens (including phenoxy) is 1. The summed E-state index contributed by atoms with van der Waals surface area (Å²) in [5, 5.41) is 0. The van der Waals surface area contributed by atoms with Gasteiger partial charge in [0.25, 0.3) is 5.91 Å². The Kier molecular flexibility index (Phi) is 6.75. The molecule has 0 spiro atoms. The predicted molar refractivity (Wildman–Crippen MR) is 132 cm³/mol. The monoisotopic (exact) mass is 470 g/mol. The van der Waals surface area contributed by atoms with Gasteiger partial charge >= 0.3 is 0 Å². The van der Waals surface area contributed by atoms with E-state index in [9.17, 15) is 9.59 Å². The quantitative estimate of drug-likeness (QED) is 0.521. The molecule has 180 valence electrons. The second-order valence-electron chi connectivity index (χ2n) is 9.31. The summed E-state index contributed by atoms with van der Waals surface area (Å²) in [7, 11) is 0. The second kappa shape index (κ2) is 10.3. The third-order valence-electron chi connectivity index (χ3n) is 6.68. The van der Waals surface area contributed by atoms with Crippen molar-refractivity contribution >= 4 is 11.8 Å². The predicted octanol–water partition coefficient (Wildman–Crippen LogP) is 4.72. The Balaban J connectivity index is 1.22. The number of hydrogen-bond acceptors (Lipinski definition) is 5. The summed E-state index contributed by atoms with van der Waals surface area (Å²) in [6.07, 6.45) is 3.15. The first-order chi connectivity index (χ1) is 17.0. The first kappa shape index (κ1) is 23.0. The lowest BCUT2D eigenvalue weighted by molar-refractivity contribution is -0.128. The Morgan fingerprint density at radius 2 is 1.80 bits per heavy atom. The van der Waals surface area contributed by atoms with E-state index in [1.807, 2.05) is 77.4 Å². The van der Waals surface area contributed by atoms with Crippen LogP contribution in [0.25, 0.3) is 0 Å². The van der Waals surface area contributed by atoms with Gasteiger partial charge in [0.15, 0.2) is 0 Å². The van der Waals surface area contributed by atoms with Gasteiger partial charge < -0.3 is 14.5 Å². The molecule has 35 heavy (non-hydrogen) atoms. The highest BCUT2D eigenvalue weighted by atomic mass is 16.5. The maximum Gasteiger partial charge on any atom is 0.253 e. The van der Waals surface area contributed by atoms with Crippen LogP contribution in [0.4, 0.5) is 0 Å². The van der Waals surface area contributed by atoms with Gasteiger partial charge in [0.05, 0.1) is 0 Å². The topological polar surface area (TPSA) is 75.6 Å². The van der Waals surface area contributed by atoms with Crippen LogP contribution in [0.1, 0.15) is 59.0 Å². The lowest BCUT2D eigenvalue weighted by atomic mass is 9.95. The molecule has 5 rings (SSSR count). The molecular weight excluding hydrogens is 440 g/mol. The lowest BCUT2D eigenvalue weighted by Gasteiger charge is -2.31. The minimum atomic E-state index is 0.0382. The first-order valence-electron chi connectivity index (χ1n) is 12.3. The Bertz CT molecular complexity index is 1210. The van der Waals surface area contributed by atoms with Gasteiger partial charge in [-0.1, -0.05) is 30.3 Å². The van der Waals surface area contributed by atoms with Crippen molar-refractivity contribution in [2.24, 2.45) is 0 Å². The number of amides is 2. The van der Waals surface area contributed by atoms with Crippen molar-refractivity contribution < 1.29 is 14.3 Å². The molecule has 3 heterocycles. The molecule has 2 saturated heterocycles. The fraction of sp³-hybridized carbons (Fsp3) is 0.357. The van der Waals surface area contributed by atoms with E-state index < -0.39 is 0 Å². The number of benzene rings is 2. The molecule has 0 aliphatic carbocycles. The van der Waals surface area contributed by atoms with E-state index in [0.717, 1.165) is 48.6 Å². The molecular formula is C28H30N4O3. The van der Waals surface area contributed by atoms with Crippen LogP contribution in [-0.2, 0) is 11.3 Å². The van der Waals surface area contributed by atoms with Gasteiger partial charge in [-0.3, -0.25) is 9.59 Å². The smallest absolute Gasteiger partial charge is 0.253 e. The van der Waals surface area contributed by atoms with Crippen molar-refractivity contribution in [3.05, 3.63) is 83.3 Å². The summed E-state index contributed by atoms with van der Waals surface area (Å²) in [5.41, 5.74) is 2.55. The molecule has 3 aromatic rings. The van der Waals surface area contributed by atoms with Gasteiger partial charge in [-0.2, -0.15) is 4.98 Å². The van der Waals surface area contributed by atoms with E-state index in [1.165, 1.54) is 0 Å². The van der Waals surface area contributed by atoms with Gasteiger partial charge in [-0.25, -0.2) is 4.98 Å². The number of aromatic nitrogens is 2. The molecule has 7 heteroatoms. The molecule has 0 N–H and O–H groups in total. The minimum Gasteiger partial charge on any atom is -0.439 e. The number of carbonyl (C=O) groups is 2. The van der Waals surface area contributed by atoms with Crippen LogP contribution in [0.5, 0.6) is 11.6 Å². The number of aryl methyl sites for hydroxylation is 1. The van der Waals surface area contributed by atoms with Crippen LogP contribution >= 0.6 is 0 Å². The fourth-order valence-electron chi connectivity index (χ4n) is 4.82. The van der Waals surface area contributed by atoms with E-state index in [1.54, 1.807) is 0 Å². The molecule has 0 unspecified atom stereocenters. The molecule has 2 fully saturated rings. The van der Waals surface area contributed by atoms with Gasteiger partial charge in [0.2, 0.25) is 11.8 Å². The van der Waals surface area contributed by atoms with Crippen molar-refractivity contribution in [3.63, 3.8) is 0 Å². The summed E-state index contributed by atoms with van der Waals surface area (Å²) < 4.78 is 5.93. The Morgan fingerprint density at radius 1 is 1.00 bits per heavy atom. The summed E-state index contributed by atoms with van der Waals surface area (Å²) in [4.78, 5) is 38.3. The molecule has 2 amide bonds. The van der Waals surface area contributed by atoms with Gasteiger partial charge in [0, 0.05) is 55.8 Å². The van der Waals surface area contributed by atoms with Crippen LogP contribution in [0, 0.1) is 6.92 Å². The van der Waals surface area contributed by atoms with Crippen LogP contribution in [0.3, 0.4) is 0 Å². The summed E-state index contributed by atoms with van der Waals surface area (Å²) in [6, 6.07) is 19.1. The number of likely N-dealkylation sites (tertiary alicyclic amines) is 2. The van der Waals surface area contributed by atoms with Gasteiger partial charge in [-0.05, 0) is 56.0 Å². The number of rotatable bonds is 6. The zero-order valence-electron chi connectivity index (χ0n) is 20.0. The fourth-order valence-corrected chi connectivity index (χ4v) is 4.82. The largest absolute Gasteiger partial charge is 0.439 e. The third-order valence-corrected chi connectivity index (χ3v) is 6.68. The lowest BCUT2D eigenvalue weighted by Crippen LogP contribution is -2.38. The summed E-state index contributed by atoms with van der Waals surface area (Å²) in [5.74, 6) is 2.49. The minimum absolute atomic E-state index is 0.0382. The third kappa shape index (κ3) is 5.50. The van der Waals surface area contributed by atoms with Crippen molar-refractivity contribution in [2.45, 2.75) is 45.1 Å². The molecule has 2 aromatic carbocycles. The summed E-state index contributed by atoms with van der Waals surface area (Å²) >= 11 is 0. The van der Waals surface area contributed by atoms with Crippen LogP contribution < -0.4 is 4.74 Å². The summed E-state index contributed by atoms with van der Waals surface area (Å²) in [6.45, 7) is 4.63. The van der Waals surface area contributed by atoms with Gasteiger partial charge in [-0.15, -0.1) is 0 Å². The maximum atomic E-state index is 13.2. The zero-order valence-corrected chi connectivity index (χ0v) is 20.0.